The lowest BCUT2D eigenvalue weighted by molar-refractivity contribution is -0.127. The Kier molecular flexibility index (Phi) is 7.72. The molecule has 0 unspecified atom stereocenters. The molecule has 1 saturated heterocycles. The van der Waals surface area contributed by atoms with Gasteiger partial charge in [0.25, 0.3) is 11.1 Å². The summed E-state index contributed by atoms with van der Waals surface area (Å²) in [6.07, 6.45) is 1.48. The number of para-hydroxylation sites is 1. The summed E-state index contributed by atoms with van der Waals surface area (Å²) in [6, 6.07) is 19.9. The smallest absolute Gasteiger partial charge is 0.345 e. The van der Waals surface area contributed by atoms with Crippen molar-refractivity contribution in [1.82, 2.24) is 4.90 Å². The van der Waals surface area contributed by atoms with Gasteiger partial charge in [-0.2, -0.15) is 0 Å². The average molecular weight is 523 g/mol. The number of nitrogens with zero attached hydrogens (tertiary/aromatic N) is 1. The number of carbonyl (C=O) groups is 4. The van der Waals surface area contributed by atoms with E-state index >= 15 is 0 Å². The number of rotatable bonds is 7. The number of amides is 3. The third kappa shape index (κ3) is 5.76. The molecule has 1 fully saturated rings. The lowest BCUT2D eigenvalue weighted by atomic mass is 10.1. The number of hydrogen-bond acceptors (Lipinski definition) is 7. The van der Waals surface area contributed by atoms with Crippen LogP contribution in [0, 0.1) is 0 Å². The third-order valence-corrected chi connectivity index (χ3v) is 6.25. The van der Waals surface area contributed by atoms with Crippen LogP contribution in [-0.4, -0.2) is 41.6 Å². The van der Waals surface area contributed by atoms with Gasteiger partial charge in [-0.05, 0) is 59.8 Å². The van der Waals surface area contributed by atoms with Gasteiger partial charge in [0.05, 0.1) is 22.6 Å². The normalized spacial score (nSPS) is 14.2. The van der Waals surface area contributed by atoms with E-state index in [4.69, 9.17) is 21.1 Å². The van der Waals surface area contributed by atoms with Crippen LogP contribution < -0.4 is 14.8 Å². The van der Waals surface area contributed by atoms with Gasteiger partial charge in [-0.1, -0.05) is 48.0 Å². The number of nitrogens with one attached hydrogen (secondary N) is 1. The summed E-state index contributed by atoms with van der Waals surface area (Å²) in [5, 5.41) is 2.32. The molecule has 3 amide bonds. The lowest BCUT2D eigenvalue weighted by Crippen LogP contribution is -2.36. The number of ether oxygens (including phenoxy) is 2. The van der Waals surface area contributed by atoms with Crippen LogP contribution in [0.25, 0.3) is 6.08 Å². The van der Waals surface area contributed by atoms with Crippen LogP contribution in [0.3, 0.4) is 0 Å². The first kappa shape index (κ1) is 25.0. The number of esters is 1. The summed E-state index contributed by atoms with van der Waals surface area (Å²) in [5.41, 5.74) is 1.22. The Morgan fingerprint density at radius 3 is 2.44 bits per heavy atom. The number of methoxy groups -OCH3 is 1. The number of benzene rings is 3. The number of thioether (sulfide) groups is 1. The van der Waals surface area contributed by atoms with Crippen molar-refractivity contribution >= 4 is 58.1 Å². The predicted octanol–water partition coefficient (Wildman–Crippen LogP) is 5.24. The highest BCUT2D eigenvalue weighted by atomic mass is 35.5. The van der Waals surface area contributed by atoms with E-state index in [9.17, 15) is 19.2 Å². The van der Waals surface area contributed by atoms with Gasteiger partial charge in [-0.25, -0.2) is 4.79 Å². The van der Waals surface area contributed by atoms with Crippen LogP contribution in [0.4, 0.5) is 10.5 Å². The van der Waals surface area contributed by atoms with Crippen molar-refractivity contribution in [2.45, 2.75) is 0 Å². The molecule has 0 aliphatic carbocycles. The minimum Gasteiger partial charge on any atom is -0.493 e. The van der Waals surface area contributed by atoms with Crippen molar-refractivity contribution in [3.63, 3.8) is 0 Å². The van der Waals surface area contributed by atoms with Crippen LogP contribution in [0.1, 0.15) is 15.9 Å². The first-order chi connectivity index (χ1) is 17.4. The molecule has 1 N–H and O–H groups in total. The number of imide groups is 1. The van der Waals surface area contributed by atoms with Gasteiger partial charge in [0.2, 0.25) is 5.91 Å². The SMILES string of the molecule is COc1ccc(/C=C2\SC(=O)N(CC(=O)Nc3ccccc3)C2=O)cc1OC(=O)c1ccccc1Cl. The fraction of sp³-hybridized carbons (Fsp3) is 0.0769. The van der Waals surface area contributed by atoms with Crippen LogP contribution in [0.5, 0.6) is 11.5 Å². The van der Waals surface area contributed by atoms with Crippen LogP contribution >= 0.6 is 23.4 Å². The van der Waals surface area contributed by atoms with E-state index in [0.29, 0.717) is 28.8 Å². The summed E-state index contributed by atoms with van der Waals surface area (Å²) in [5.74, 6) is -1.38. The maximum Gasteiger partial charge on any atom is 0.345 e. The van der Waals surface area contributed by atoms with Crippen molar-refractivity contribution < 1.29 is 28.7 Å². The van der Waals surface area contributed by atoms with Crippen molar-refractivity contribution in [3.8, 4) is 11.5 Å². The van der Waals surface area contributed by atoms with Crippen LogP contribution in [-0.2, 0) is 9.59 Å². The molecule has 0 bridgehead atoms. The summed E-state index contributed by atoms with van der Waals surface area (Å²) < 4.78 is 10.8. The topological polar surface area (TPSA) is 102 Å². The van der Waals surface area contributed by atoms with Gasteiger partial charge in [0.15, 0.2) is 11.5 Å². The molecule has 0 radical (unpaired) electrons. The van der Waals surface area contributed by atoms with Crippen LogP contribution in [0.2, 0.25) is 5.02 Å². The monoisotopic (exact) mass is 522 g/mol. The molecule has 1 aliphatic rings. The molecule has 3 aromatic carbocycles. The van der Waals surface area contributed by atoms with E-state index in [1.165, 1.54) is 25.3 Å². The second kappa shape index (κ2) is 11.1. The Bertz CT molecular complexity index is 1380. The molecule has 4 rings (SSSR count). The zero-order valence-electron chi connectivity index (χ0n) is 18.9. The molecule has 0 aromatic heterocycles. The second-order valence-electron chi connectivity index (χ2n) is 7.46. The summed E-state index contributed by atoms with van der Waals surface area (Å²) in [6.45, 7) is -0.416. The van der Waals surface area contributed by atoms with Gasteiger partial charge in [0.1, 0.15) is 6.54 Å². The fourth-order valence-electron chi connectivity index (χ4n) is 3.30. The highest BCUT2D eigenvalue weighted by Crippen LogP contribution is 2.35. The largest absolute Gasteiger partial charge is 0.493 e. The van der Waals surface area contributed by atoms with Gasteiger partial charge in [-0.3, -0.25) is 19.3 Å². The zero-order valence-corrected chi connectivity index (χ0v) is 20.5. The summed E-state index contributed by atoms with van der Waals surface area (Å²) in [7, 11) is 1.42. The highest BCUT2D eigenvalue weighted by molar-refractivity contribution is 8.18. The Morgan fingerprint density at radius 1 is 1.00 bits per heavy atom. The molecule has 0 saturated carbocycles. The standard InChI is InChI=1S/C26H19ClN2O6S/c1-34-20-12-11-16(13-21(20)35-25(32)18-9-5-6-10-19(18)27)14-22-24(31)29(26(33)36-22)15-23(30)28-17-7-3-2-4-8-17/h2-14H,15H2,1H3,(H,28,30)/b22-14-. The third-order valence-electron chi connectivity index (χ3n) is 5.01. The molecule has 182 valence electrons. The zero-order chi connectivity index (χ0) is 25.7. The number of halogens is 1. The predicted molar refractivity (Wildman–Crippen MR) is 137 cm³/mol. The molecule has 36 heavy (non-hydrogen) atoms. The quantitative estimate of drug-likeness (QED) is 0.257. The highest BCUT2D eigenvalue weighted by Gasteiger charge is 2.36. The van der Waals surface area contributed by atoms with E-state index in [1.54, 1.807) is 60.7 Å². The van der Waals surface area contributed by atoms with Crippen molar-refractivity contribution in [3.05, 3.63) is 93.9 Å². The molecule has 8 nitrogen and oxygen atoms in total. The van der Waals surface area contributed by atoms with E-state index in [-0.39, 0.29) is 21.2 Å². The maximum absolute atomic E-state index is 12.8. The Morgan fingerprint density at radius 2 is 1.72 bits per heavy atom. The minimum absolute atomic E-state index is 0.109. The molecule has 0 spiro atoms. The Hall–Kier alpha value is -4.08. The second-order valence-corrected chi connectivity index (χ2v) is 8.86. The maximum atomic E-state index is 12.8. The average Bonchev–Trinajstić information content (AvgIpc) is 3.12. The first-order valence-electron chi connectivity index (χ1n) is 10.6. The Balaban J connectivity index is 1.50. The molecule has 0 atom stereocenters. The van der Waals surface area contributed by atoms with Gasteiger partial charge in [-0.15, -0.1) is 0 Å². The lowest BCUT2D eigenvalue weighted by Gasteiger charge is -2.12. The van der Waals surface area contributed by atoms with Crippen molar-refractivity contribution in [1.29, 1.82) is 0 Å². The molecular formula is C26H19ClN2O6S. The Labute approximate surface area is 215 Å². The van der Waals surface area contributed by atoms with Crippen molar-refractivity contribution in [2.75, 3.05) is 19.0 Å². The molecule has 10 heteroatoms. The van der Waals surface area contributed by atoms with Gasteiger partial charge < -0.3 is 14.8 Å². The minimum atomic E-state index is -0.680. The van der Waals surface area contributed by atoms with E-state index in [1.807, 2.05) is 0 Å². The first-order valence-corrected chi connectivity index (χ1v) is 11.8. The van der Waals surface area contributed by atoms with Gasteiger partial charge in [0, 0.05) is 5.69 Å². The summed E-state index contributed by atoms with van der Waals surface area (Å²) >= 11 is 6.80. The summed E-state index contributed by atoms with van der Waals surface area (Å²) in [4.78, 5) is 51.2. The van der Waals surface area contributed by atoms with E-state index < -0.39 is 29.6 Å². The molecule has 1 aliphatic heterocycles. The number of anilines is 1. The molecule has 1 heterocycles. The number of carbonyl (C=O) groups excluding carboxylic acids is 4. The van der Waals surface area contributed by atoms with E-state index in [0.717, 1.165) is 4.90 Å². The number of hydrogen-bond donors (Lipinski definition) is 1. The van der Waals surface area contributed by atoms with E-state index in [2.05, 4.69) is 5.32 Å². The fourth-order valence-corrected chi connectivity index (χ4v) is 4.35. The van der Waals surface area contributed by atoms with Crippen molar-refractivity contribution in [2.24, 2.45) is 0 Å². The van der Waals surface area contributed by atoms with Crippen LogP contribution in [0.15, 0.2) is 77.7 Å². The van der Waals surface area contributed by atoms with Gasteiger partial charge >= 0.3 is 5.97 Å². The molecule has 3 aromatic rings. The molecular weight excluding hydrogens is 504 g/mol.